The number of sulfonamides is 1. The predicted octanol–water partition coefficient (Wildman–Crippen LogP) is 1.37. The molecule has 2 N–H and O–H groups in total. The smallest absolute Gasteiger partial charge is 0.209 e. The predicted molar refractivity (Wildman–Crippen MR) is 61.7 cm³/mol. The molecule has 1 heterocycles. The molecule has 0 aliphatic carbocycles. The maximum absolute atomic E-state index is 13.2. The van der Waals surface area contributed by atoms with Crippen molar-refractivity contribution in [1.82, 2.24) is 0 Å². The van der Waals surface area contributed by atoms with Gasteiger partial charge in [0.1, 0.15) is 5.75 Å². The first kappa shape index (κ1) is 13.2. The fourth-order valence-corrected chi connectivity index (χ4v) is 3.12. The van der Waals surface area contributed by atoms with Gasteiger partial charge in [0.2, 0.25) is 10.0 Å². The zero-order valence-electron chi connectivity index (χ0n) is 9.69. The maximum Gasteiger partial charge on any atom is 0.209 e. The van der Waals surface area contributed by atoms with Crippen molar-refractivity contribution in [2.75, 3.05) is 12.4 Å². The van der Waals surface area contributed by atoms with Crippen LogP contribution in [0.3, 0.4) is 0 Å². The van der Waals surface area contributed by atoms with Crippen molar-refractivity contribution < 1.29 is 21.9 Å². The lowest BCUT2D eigenvalue weighted by atomic mass is 9.86. The van der Waals surface area contributed by atoms with Crippen molar-refractivity contribution in [2.45, 2.75) is 12.8 Å². The molecule has 0 aromatic heterocycles. The third kappa shape index (κ3) is 2.62. The second kappa shape index (κ2) is 4.47. The number of hydrogen-bond donors (Lipinski definition) is 1. The van der Waals surface area contributed by atoms with Gasteiger partial charge in [-0.1, -0.05) is 6.92 Å². The number of fused-ring (bicyclic) bond motifs is 1. The Labute approximate surface area is 104 Å². The lowest BCUT2D eigenvalue weighted by molar-refractivity contribution is 0.210. The van der Waals surface area contributed by atoms with E-state index in [1.165, 1.54) is 0 Å². The Morgan fingerprint density at radius 1 is 1.39 bits per heavy atom. The van der Waals surface area contributed by atoms with Crippen LogP contribution in [0.1, 0.15) is 18.4 Å². The molecule has 18 heavy (non-hydrogen) atoms. The van der Waals surface area contributed by atoms with Crippen LogP contribution < -0.4 is 9.88 Å². The highest BCUT2D eigenvalue weighted by molar-refractivity contribution is 7.89. The molecule has 0 radical (unpaired) electrons. The summed E-state index contributed by atoms with van der Waals surface area (Å²) in [4.78, 5) is 0. The molecule has 1 aliphatic rings. The molecule has 1 aromatic carbocycles. The van der Waals surface area contributed by atoms with Crippen LogP contribution in [0.15, 0.2) is 12.1 Å². The summed E-state index contributed by atoms with van der Waals surface area (Å²) in [5, 5.41) is 5.02. The van der Waals surface area contributed by atoms with Crippen LogP contribution in [0.4, 0.5) is 8.78 Å². The molecule has 2 rings (SSSR count). The van der Waals surface area contributed by atoms with Crippen LogP contribution in [0.5, 0.6) is 5.75 Å². The topological polar surface area (TPSA) is 69.4 Å². The molecular formula is C11H13F2NO3S. The molecule has 0 unspecified atom stereocenters. The van der Waals surface area contributed by atoms with Gasteiger partial charge in [-0.15, -0.1) is 0 Å². The number of hydrogen-bond acceptors (Lipinski definition) is 3. The third-order valence-electron chi connectivity index (χ3n) is 3.05. The molecule has 0 bridgehead atoms. The minimum atomic E-state index is -3.69. The van der Waals surface area contributed by atoms with Gasteiger partial charge in [-0.25, -0.2) is 22.3 Å². The van der Waals surface area contributed by atoms with E-state index < -0.39 is 27.6 Å². The van der Waals surface area contributed by atoms with Crippen LogP contribution >= 0.6 is 0 Å². The van der Waals surface area contributed by atoms with E-state index in [4.69, 9.17) is 9.88 Å². The number of benzene rings is 1. The maximum atomic E-state index is 13.2. The molecule has 100 valence electrons. The van der Waals surface area contributed by atoms with Crippen molar-refractivity contribution in [3.8, 4) is 5.75 Å². The van der Waals surface area contributed by atoms with E-state index in [0.717, 1.165) is 12.1 Å². The highest BCUT2D eigenvalue weighted by Crippen LogP contribution is 2.38. The molecule has 0 saturated carbocycles. The van der Waals surface area contributed by atoms with Gasteiger partial charge in [-0.2, -0.15) is 0 Å². The van der Waals surface area contributed by atoms with Crippen LogP contribution in [0.2, 0.25) is 0 Å². The van der Waals surface area contributed by atoms with Gasteiger partial charge in [0, 0.05) is 17.5 Å². The summed E-state index contributed by atoms with van der Waals surface area (Å²) >= 11 is 0. The van der Waals surface area contributed by atoms with Gasteiger partial charge in [0.15, 0.2) is 11.6 Å². The average molecular weight is 277 g/mol. The standard InChI is InChI=1S/C11H13F2NO3S/c1-6-4-17-11-3-10(13)9(12)2-7(11)8(6)5-18(14,15)16/h2-3,6,8H,4-5H2,1H3,(H2,14,15,16)/t6-,8+/m1/s1. The minimum absolute atomic E-state index is 0.138. The summed E-state index contributed by atoms with van der Waals surface area (Å²) in [6.07, 6.45) is 0. The van der Waals surface area contributed by atoms with Crippen LogP contribution in [0.25, 0.3) is 0 Å². The summed E-state index contributed by atoms with van der Waals surface area (Å²) in [5.74, 6) is -2.79. The minimum Gasteiger partial charge on any atom is -0.493 e. The van der Waals surface area contributed by atoms with Crippen molar-refractivity contribution in [3.63, 3.8) is 0 Å². The Hall–Kier alpha value is -1.21. The Bertz CT molecular complexity index is 574. The fraction of sp³-hybridized carbons (Fsp3) is 0.455. The zero-order chi connectivity index (χ0) is 13.5. The van der Waals surface area contributed by atoms with E-state index in [1.54, 1.807) is 6.92 Å². The molecule has 0 spiro atoms. The molecule has 7 heteroatoms. The number of nitrogens with two attached hydrogens (primary N) is 1. The van der Waals surface area contributed by atoms with E-state index in [1.807, 2.05) is 0 Å². The van der Waals surface area contributed by atoms with Crippen molar-refractivity contribution in [1.29, 1.82) is 0 Å². The first-order valence-corrected chi connectivity index (χ1v) is 7.11. The van der Waals surface area contributed by atoms with Crippen LogP contribution in [0, 0.1) is 17.6 Å². The molecule has 0 fully saturated rings. The largest absolute Gasteiger partial charge is 0.493 e. The van der Waals surface area contributed by atoms with Gasteiger partial charge >= 0.3 is 0 Å². The summed E-state index contributed by atoms with van der Waals surface area (Å²) in [7, 11) is -3.69. The van der Waals surface area contributed by atoms with Crippen molar-refractivity contribution in [2.24, 2.45) is 11.1 Å². The lowest BCUT2D eigenvalue weighted by Gasteiger charge is -2.31. The van der Waals surface area contributed by atoms with Crippen molar-refractivity contribution >= 4 is 10.0 Å². The number of primary sulfonamides is 1. The number of ether oxygens (including phenoxy) is 1. The van der Waals surface area contributed by atoms with Crippen molar-refractivity contribution in [3.05, 3.63) is 29.3 Å². The Morgan fingerprint density at radius 3 is 2.61 bits per heavy atom. The molecule has 0 amide bonds. The molecule has 0 saturated heterocycles. The van der Waals surface area contributed by atoms with Gasteiger partial charge in [0.25, 0.3) is 0 Å². The van der Waals surface area contributed by atoms with Gasteiger partial charge in [-0.05, 0) is 12.0 Å². The van der Waals surface area contributed by atoms with Crippen LogP contribution in [-0.2, 0) is 10.0 Å². The summed E-state index contributed by atoms with van der Waals surface area (Å²) < 4.78 is 53.9. The second-order valence-electron chi connectivity index (χ2n) is 4.53. The van der Waals surface area contributed by atoms with Gasteiger partial charge < -0.3 is 4.74 Å². The molecule has 1 aliphatic heterocycles. The monoisotopic (exact) mass is 277 g/mol. The quantitative estimate of drug-likeness (QED) is 0.887. The first-order valence-electron chi connectivity index (χ1n) is 5.40. The molecule has 2 atom stereocenters. The van der Waals surface area contributed by atoms with E-state index >= 15 is 0 Å². The Morgan fingerprint density at radius 2 is 2.00 bits per heavy atom. The highest BCUT2D eigenvalue weighted by Gasteiger charge is 2.32. The molecule has 1 aromatic rings. The zero-order valence-corrected chi connectivity index (χ0v) is 10.5. The molecular weight excluding hydrogens is 264 g/mol. The number of halogens is 2. The van der Waals surface area contributed by atoms with E-state index in [2.05, 4.69) is 0 Å². The number of rotatable bonds is 2. The SMILES string of the molecule is C[C@@H]1COc2cc(F)c(F)cc2[C@H]1CS(N)(=O)=O. The summed E-state index contributed by atoms with van der Waals surface area (Å²) in [5.41, 5.74) is 0.349. The van der Waals surface area contributed by atoms with Crippen LogP contribution in [-0.4, -0.2) is 20.8 Å². The summed E-state index contributed by atoms with van der Waals surface area (Å²) in [6.45, 7) is 2.03. The van der Waals surface area contributed by atoms with E-state index in [-0.39, 0.29) is 24.0 Å². The lowest BCUT2D eigenvalue weighted by Crippen LogP contribution is -2.31. The summed E-state index contributed by atoms with van der Waals surface area (Å²) in [6, 6.07) is 1.92. The van der Waals surface area contributed by atoms with Gasteiger partial charge in [0.05, 0.1) is 12.4 Å². The highest BCUT2D eigenvalue weighted by atomic mass is 32.2. The van der Waals surface area contributed by atoms with E-state index in [9.17, 15) is 17.2 Å². The first-order chi connectivity index (χ1) is 8.28. The van der Waals surface area contributed by atoms with Gasteiger partial charge in [-0.3, -0.25) is 0 Å². The normalized spacial score (nSPS) is 23.3. The Kier molecular flexibility index (Phi) is 3.29. The Balaban J connectivity index is 2.47. The molecule has 4 nitrogen and oxygen atoms in total. The fourth-order valence-electron chi connectivity index (χ4n) is 2.11. The second-order valence-corrected chi connectivity index (χ2v) is 6.19. The average Bonchev–Trinajstić information content (AvgIpc) is 2.24. The third-order valence-corrected chi connectivity index (χ3v) is 3.88. The van der Waals surface area contributed by atoms with E-state index in [0.29, 0.717) is 5.56 Å².